The average molecular weight is 90.1 g/mol. The molecule has 0 aliphatic carbocycles. The van der Waals surface area contributed by atoms with Crippen molar-refractivity contribution in [1.29, 1.82) is 0 Å². The quantitative estimate of drug-likeness (QED) is 0.434. The van der Waals surface area contributed by atoms with Crippen LogP contribution in [0.25, 0.3) is 0 Å². The van der Waals surface area contributed by atoms with Crippen LogP contribution in [0.5, 0.6) is 0 Å². The molecule has 0 amide bonds. The van der Waals surface area contributed by atoms with Crippen molar-refractivity contribution in [2.24, 2.45) is 5.73 Å². The van der Waals surface area contributed by atoms with Gasteiger partial charge in [0.2, 0.25) is 0 Å². The molecule has 0 radical (unpaired) electrons. The van der Waals surface area contributed by atoms with E-state index in [2.05, 4.69) is 0 Å². The molecule has 1 atom stereocenters. The average Bonchev–Trinajstić information content (AvgIpc) is 1.30. The van der Waals surface area contributed by atoms with Gasteiger partial charge in [-0.2, -0.15) is 0 Å². The zero-order valence-corrected chi connectivity index (χ0v) is 3.68. The maximum absolute atomic E-state index is 5.16. The first-order chi connectivity index (χ1) is 2.39. The molecule has 1 rings (SSSR count). The molecule has 0 spiro atoms. The molecule has 1 unspecified atom stereocenters. The Labute approximate surface area is 37.1 Å². The fourth-order valence-corrected chi connectivity index (χ4v) is 0.254. The summed E-state index contributed by atoms with van der Waals surface area (Å²) in [6.07, 6.45) is 1.11. The lowest BCUT2D eigenvalue weighted by atomic mass is 10.3. The van der Waals surface area contributed by atoms with Crippen LogP contribution in [-0.2, 0) is 4.74 Å². The summed E-state index contributed by atoms with van der Waals surface area (Å²) in [6.45, 7) is 0.862. The highest BCUT2D eigenvalue weighted by molar-refractivity contribution is 4.55. The molecule has 5 N–H and O–H groups in total. The summed E-state index contributed by atoms with van der Waals surface area (Å²) in [4.78, 5) is 0. The third-order valence-corrected chi connectivity index (χ3v) is 0.734. The van der Waals surface area contributed by atoms with Gasteiger partial charge in [0, 0.05) is 6.42 Å². The van der Waals surface area contributed by atoms with Crippen LogP contribution in [0.2, 0.25) is 0 Å². The standard InChI is InChI=1S/C3H7NO.H3N/c4-3-1-2-5-3;/h3H,1-2,4H2;1H3. The maximum atomic E-state index is 5.16. The zero-order valence-electron chi connectivity index (χ0n) is 3.68. The van der Waals surface area contributed by atoms with Crippen molar-refractivity contribution >= 4 is 0 Å². The number of hydrogen-bond acceptors (Lipinski definition) is 3. The summed E-state index contributed by atoms with van der Waals surface area (Å²) in [6, 6.07) is 0. The van der Waals surface area contributed by atoms with Crippen LogP contribution in [-0.4, -0.2) is 12.8 Å². The highest BCUT2D eigenvalue weighted by Crippen LogP contribution is 2.01. The first-order valence-corrected chi connectivity index (χ1v) is 1.77. The largest absolute Gasteiger partial charge is 0.363 e. The summed E-state index contributed by atoms with van der Waals surface area (Å²) < 4.78 is 4.71. The fraction of sp³-hybridized carbons (Fsp3) is 1.00. The Morgan fingerprint density at radius 2 is 2.00 bits per heavy atom. The number of rotatable bonds is 0. The van der Waals surface area contributed by atoms with Gasteiger partial charge in [0.1, 0.15) is 6.23 Å². The van der Waals surface area contributed by atoms with Gasteiger partial charge in [-0.25, -0.2) is 0 Å². The van der Waals surface area contributed by atoms with E-state index in [-0.39, 0.29) is 12.4 Å². The third-order valence-electron chi connectivity index (χ3n) is 0.734. The molecule has 1 heterocycles. The van der Waals surface area contributed by atoms with Gasteiger partial charge in [-0.05, 0) is 0 Å². The van der Waals surface area contributed by atoms with Crippen molar-refractivity contribution in [2.75, 3.05) is 6.61 Å². The summed E-state index contributed by atoms with van der Waals surface area (Å²) in [5.41, 5.74) is 5.16. The minimum Gasteiger partial charge on any atom is -0.363 e. The van der Waals surface area contributed by atoms with Gasteiger partial charge in [-0.1, -0.05) is 0 Å². The molecule has 1 aliphatic rings. The second kappa shape index (κ2) is 2.12. The molecule has 6 heavy (non-hydrogen) atoms. The lowest BCUT2D eigenvalue weighted by Gasteiger charge is -2.20. The van der Waals surface area contributed by atoms with Crippen LogP contribution in [0.4, 0.5) is 0 Å². The van der Waals surface area contributed by atoms with Gasteiger partial charge in [0.25, 0.3) is 0 Å². The van der Waals surface area contributed by atoms with Crippen molar-refractivity contribution in [1.82, 2.24) is 6.15 Å². The second-order valence-corrected chi connectivity index (χ2v) is 1.20. The Bertz CT molecular complexity index is 35.8. The van der Waals surface area contributed by atoms with E-state index >= 15 is 0 Å². The number of ether oxygens (including phenoxy) is 1. The fourth-order valence-electron chi connectivity index (χ4n) is 0.254. The van der Waals surface area contributed by atoms with E-state index in [0.29, 0.717) is 0 Å². The summed E-state index contributed by atoms with van der Waals surface area (Å²) >= 11 is 0. The molecule has 0 aromatic heterocycles. The third kappa shape index (κ3) is 0.931. The molecule has 3 nitrogen and oxygen atoms in total. The van der Waals surface area contributed by atoms with Crippen LogP contribution < -0.4 is 11.9 Å². The molecular weight excluding hydrogens is 80.0 g/mol. The molecule has 3 heteroatoms. The SMILES string of the molecule is N.NC1CCO1. The lowest BCUT2D eigenvalue weighted by Crippen LogP contribution is -2.34. The lowest BCUT2D eigenvalue weighted by molar-refractivity contribution is -0.0455. The van der Waals surface area contributed by atoms with Crippen molar-refractivity contribution in [2.45, 2.75) is 12.6 Å². The number of nitrogens with two attached hydrogens (primary N) is 1. The van der Waals surface area contributed by atoms with Gasteiger partial charge in [-0.3, -0.25) is 0 Å². The van der Waals surface area contributed by atoms with E-state index in [4.69, 9.17) is 10.5 Å². The molecule has 1 aliphatic heterocycles. The highest BCUT2D eigenvalue weighted by Gasteiger charge is 2.09. The Hall–Kier alpha value is -0.120. The maximum Gasteiger partial charge on any atom is 0.107 e. The van der Waals surface area contributed by atoms with E-state index < -0.39 is 0 Å². The van der Waals surface area contributed by atoms with Gasteiger partial charge >= 0.3 is 0 Å². The molecule has 1 fully saturated rings. The van der Waals surface area contributed by atoms with E-state index in [0.717, 1.165) is 13.0 Å². The molecule has 0 bridgehead atoms. The van der Waals surface area contributed by atoms with Crippen molar-refractivity contribution < 1.29 is 4.74 Å². The topological polar surface area (TPSA) is 70.2 Å². The van der Waals surface area contributed by atoms with Crippen LogP contribution in [0.3, 0.4) is 0 Å². The van der Waals surface area contributed by atoms with Crippen LogP contribution in [0.1, 0.15) is 6.42 Å². The van der Waals surface area contributed by atoms with Crippen LogP contribution in [0.15, 0.2) is 0 Å². The highest BCUT2D eigenvalue weighted by atomic mass is 16.5. The Morgan fingerprint density at radius 1 is 1.67 bits per heavy atom. The predicted octanol–water partition coefficient (Wildman–Crippen LogP) is -0.147. The van der Waals surface area contributed by atoms with E-state index in [1.165, 1.54) is 0 Å². The summed E-state index contributed by atoms with van der Waals surface area (Å²) in [5, 5.41) is 0. The Morgan fingerprint density at radius 3 is 2.00 bits per heavy atom. The van der Waals surface area contributed by atoms with E-state index in [9.17, 15) is 0 Å². The predicted molar refractivity (Wildman–Crippen MR) is 23.6 cm³/mol. The number of hydrogen-bond donors (Lipinski definition) is 2. The van der Waals surface area contributed by atoms with Crippen molar-refractivity contribution in [3.63, 3.8) is 0 Å². The minimum absolute atomic E-state index is 0. The second-order valence-electron chi connectivity index (χ2n) is 1.20. The first-order valence-electron chi connectivity index (χ1n) is 1.77. The zero-order chi connectivity index (χ0) is 3.70. The molecule has 0 saturated carbocycles. The van der Waals surface area contributed by atoms with Crippen LogP contribution >= 0.6 is 0 Å². The van der Waals surface area contributed by atoms with E-state index in [1.807, 2.05) is 0 Å². The normalized spacial score (nSPS) is 30.5. The molecule has 1 saturated heterocycles. The van der Waals surface area contributed by atoms with E-state index in [1.54, 1.807) is 0 Å². The monoisotopic (exact) mass is 90.1 g/mol. The van der Waals surface area contributed by atoms with Crippen molar-refractivity contribution in [3.8, 4) is 0 Å². The first kappa shape index (κ1) is 5.88. The minimum atomic E-state index is 0. The summed E-state index contributed by atoms with van der Waals surface area (Å²) in [7, 11) is 0. The van der Waals surface area contributed by atoms with Gasteiger partial charge in [-0.15, -0.1) is 0 Å². The summed E-state index contributed by atoms with van der Waals surface area (Å²) in [5.74, 6) is 0. The van der Waals surface area contributed by atoms with Gasteiger partial charge in [0.15, 0.2) is 0 Å². The Kier molecular flexibility index (Phi) is 2.08. The molecular formula is C3H10N2O. The molecule has 0 aromatic carbocycles. The van der Waals surface area contributed by atoms with Gasteiger partial charge < -0.3 is 16.6 Å². The Balaban J connectivity index is 0.000000250. The smallest absolute Gasteiger partial charge is 0.107 e. The van der Waals surface area contributed by atoms with Gasteiger partial charge in [0.05, 0.1) is 6.61 Å². The molecule has 0 aromatic rings. The van der Waals surface area contributed by atoms with Crippen LogP contribution in [0, 0.1) is 0 Å². The molecule has 38 valence electrons. The van der Waals surface area contributed by atoms with Crippen molar-refractivity contribution in [3.05, 3.63) is 0 Å².